The first kappa shape index (κ1) is 9.99. The van der Waals surface area contributed by atoms with Crippen molar-refractivity contribution in [2.45, 2.75) is 6.54 Å². The predicted molar refractivity (Wildman–Crippen MR) is 66.8 cm³/mol. The summed E-state index contributed by atoms with van der Waals surface area (Å²) in [5.41, 5.74) is 9.42. The third-order valence-corrected chi connectivity index (χ3v) is 2.66. The number of benzene rings is 2. The first-order valence-electron chi connectivity index (χ1n) is 5.48. The van der Waals surface area contributed by atoms with Crippen molar-refractivity contribution in [2.75, 3.05) is 0 Å². The lowest BCUT2D eigenvalue weighted by Crippen LogP contribution is -2.01. The van der Waals surface area contributed by atoms with Crippen LogP contribution >= 0.6 is 0 Å². The Morgan fingerprint density at radius 1 is 0.941 bits per heavy atom. The highest BCUT2D eigenvalue weighted by atomic mass is 15.5. The Morgan fingerprint density at radius 2 is 1.65 bits per heavy atom. The number of hydrogen-bond acceptors (Lipinski definition) is 3. The van der Waals surface area contributed by atoms with Crippen LogP contribution in [0, 0.1) is 0 Å². The van der Waals surface area contributed by atoms with Gasteiger partial charge in [-0.1, -0.05) is 24.3 Å². The fourth-order valence-corrected chi connectivity index (χ4v) is 1.78. The van der Waals surface area contributed by atoms with E-state index in [4.69, 9.17) is 5.73 Å². The summed E-state index contributed by atoms with van der Waals surface area (Å²) < 4.78 is 0. The molecule has 17 heavy (non-hydrogen) atoms. The fourth-order valence-electron chi connectivity index (χ4n) is 1.78. The van der Waals surface area contributed by atoms with E-state index in [2.05, 4.69) is 10.2 Å². The van der Waals surface area contributed by atoms with Crippen LogP contribution in [0.5, 0.6) is 0 Å². The Labute approximate surface area is 98.7 Å². The minimum atomic E-state index is 0.522. The summed E-state index contributed by atoms with van der Waals surface area (Å²) in [6.45, 7) is 0.522. The van der Waals surface area contributed by atoms with E-state index >= 15 is 0 Å². The van der Waals surface area contributed by atoms with Crippen LogP contribution in [-0.2, 0) is 6.54 Å². The molecule has 0 aliphatic rings. The molecule has 0 saturated carbocycles. The molecule has 4 nitrogen and oxygen atoms in total. The Hall–Kier alpha value is -2.20. The van der Waals surface area contributed by atoms with Crippen LogP contribution in [-0.4, -0.2) is 15.0 Å². The zero-order chi connectivity index (χ0) is 11.7. The maximum absolute atomic E-state index is 5.62. The molecule has 0 aliphatic heterocycles. The van der Waals surface area contributed by atoms with Crippen LogP contribution in [0.3, 0.4) is 0 Å². The Balaban J connectivity index is 2.13. The van der Waals surface area contributed by atoms with Crippen LogP contribution in [0.2, 0.25) is 0 Å². The van der Waals surface area contributed by atoms with Gasteiger partial charge >= 0.3 is 0 Å². The molecule has 1 heterocycles. The number of aromatic nitrogens is 3. The third-order valence-electron chi connectivity index (χ3n) is 2.66. The second kappa shape index (κ2) is 3.99. The topological polar surface area (TPSA) is 56.7 Å². The van der Waals surface area contributed by atoms with Crippen molar-refractivity contribution in [3.8, 4) is 5.69 Å². The van der Waals surface area contributed by atoms with Crippen molar-refractivity contribution in [1.29, 1.82) is 0 Å². The molecule has 0 fully saturated rings. The van der Waals surface area contributed by atoms with Crippen molar-refractivity contribution in [3.05, 3.63) is 54.1 Å². The average Bonchev–Trinajstić information content (AvgIpc) is 2.82. The Bertz CT molecular complexity index is 624. The zero-order valence-electron chi connectivity index (χ0n) is 9.24. The molecule has 0 radical (unpaired) electrons. The van der Waals surface area contributed by atoms with Crippen LogP contribution in [0.25, 0.3) is 16.7 Å². The van der Waals surface area contributed by atoms with Crippen LogP contribution in [0.15, 0.2) is 48.5 Å². The van der Waals surface area contributed by atoms with Crippen LogP contribution < -0.4 is 5.73 Å². The normalized spacial score (nSPS) is 10.9. The number of fused-ring (bicyclic) bond motifs is 1. The van der Waals surface area contributed by atoms with Gasteiger partial charge in [0.05, 0.1) is 5.69 Å². The summed E-state index contributed by atoms with van der Waals surface area (Å²) in [6, 6.07) is 15.7. The van der Waals surface area contributed by atoms with Gasteiger partial charge in [0.1, 0.15) is 11.0 Å². The Kier molecular flexibility index (Phi) is 2.34. The van der Waals surface area contributed by atoms with Gasteiger partial charge in [0.2, 0.25) is 0 Å². The van der Waals surface area contributed by atoms with E-state index in [0.29, 0.717) is 6.54 Å². The van der Waals surface area contributed by atoms with Crippen molar-refractivity contribution >= 4 is 11.0 Å². The molecular formula is C13H12N4. The molecule has 2 N–H and O–H groups in total. The fraction of sp³-hybridized carbons (Fsp3) is 0.0769. The SMILES string of the molecule is NCc1cccc(-n2nc3ccccc3n2)c1. The smallest absolute Gasteiger partial charge is 0.113 e. The van der Waals surface area contributed by atoms with Gasteiger partial charge in [-0.15, -0.1) is 10.2 Å². The molecule has 3 rings (SSSR count). The van der Waals surface area contributed by atoms with E-state index in [1.165, 1.54) is 0 Å². The minimum absolute atomic E-state index is 0.522. The van der Waals surface area contributed by atoms with E-state index < -0.39 is 0 Å². The summed E-state index contributed by atoms with van der Waals surface area (Å²) >= 11 is 0. The number of nitrogens with zero attached hydrogens (tertiary/aromatic N) is 3. The van der Waals surface area contributed by atoms with Crippen molar-refractivity contribution in [2.24, 2.45) is 5.73 Å². The molecular weight excluding hydrogens is 212 g/mol. The highest BCUT2D eigenvalue weighted by Gasteiger charge is 2.03. The van der Waals surface area contributed by atoms with E-state index in [0.717, 1.165) is 22.3 Å². The summed E-state index contributed by atoms with van der Waals surface area (Å²) in [4.78, 5) is 1.64. The van der Waals surface area contributed by atoms with Crippen molar-refractivity contribution < 1.29 is 0 Å². The largest absolute Gasteiger partial charge is 0.326 e. The second-order valence-electron chi connectivity index (χ2n) is 3.85. The van der Waals surface area contributed by atoms with Gasteiger partial charge in [0.15, 0.2) is 0 Å². The van der Waals surface area contributed by atoms with Gasteiger partial charge in [-0.25, -0.2) is 0 Å². The molecule has 0 spiro atoms. The van der Waals surface area contributed by atoms with E-state index in [1.54, 1.807) is 4.80 Å². The molecule has 3 aromatic rings. The first-order chi connectivity index (χ1) is 8.36. The lowest BCUT2D eigenvalue weighted by Gasteiger charge is -2.01. The van der Waals surface area contributed by atoms with Gasteiger partial charge in [-0.05, 0) is 29.8 Å². The van der Waals surface area contributed by atoms with E-state index in [-0.39, 0.29) is 0 Å². The first-order valence-corrected chi connectivity index (χ1v) is 5.48. The standard InChI is InChI=1S/C13H12N4/c14-9-10-4-3-5-11(8-10)17-15-12-6-1-2-7-13(12)16-17/h1-8H,9,14H2. The molecule has 1 aromatic heterocycles. The molecule has 84 valence electrons. The van der Waals surface area contributed by atoms with Crippen LogP contribution in [0.1, 0.15) is 5.56 Å². The van der Waals surface area contributed by atoms with Gasteiger partial charge in [-0.3, -0.25) is 0 Å². The molecule has 0 atom stereocenters. The zero-order valence-corrected chi connectivity index (χ0v) is 9.24. The monoisotopic (exact) mass is 224 g/mol. The summed E-state index contributed by atoms with van der Waals surface area (Å²) in [5.74, 6) is 0. The highest BCUT2D eigenvalue weighted by Crippen LogP contribution is 2.12. The molecule has 0 amide bonds. The molecule has 0 aliphatic carbocycles. The maximum atomic E-state index is 5.62. The van der Waals surface area contributed by atoms with E-state index in [9.17, 15) is 0 Å². The van der Waals surface area contributed by atoms with Gasteiger partial charge in [-0.2, -0.15) is 4.80 Å². The molecule has 2 aromatic carbocycles. The quantitative estimate of drug-likeness (QED) is 0.723. The highest BCUT2D eigenvalue weighted by molar-refractivity contribution is 5.73. The summed E-state index contributed by atoms with van der Waals surface area (Å²) in [6.07, 6.45) is 0. The number of nitrogens with two attached hydrogens (primary N) is 1. The summed E-state index contributed by atoms with van der Waals surface area (Å²) in [7, 11) is 0. The van der Waals surface area contributed by atoms with Crippen molar-refractivity contribution in [3.63, 3.8) is 0 Å². The maximum Gasteiger partial charge on any atom is 0.113 e. The van der Waals surface area contributed by atoms with Crippen molar-refractivity contribution in [1.82, 2.24) is 15.0 Å². The Morgan fingerprint density at radius 3 is 2.29 bits per heavy atom. The summed E-state index contributed by atoms with van der Waals surface area (Å²) in [5, 5.41) is 8.85. The van der Waals surface area contributed by atoms with Crippen LogP contribution in [0.4, 0.5) is 0 Å². The lowest BCUT2D eigenvalue weighted by molar-refractivity contribution is 0.764. The minimum Gasteiger partial charge on any atom is -0.326 e. The lowest BCUT2D eigenvalue weighted by atomic mass is 10.2. The van der Waals surface area contributed by atoms with Gasteiger partial charge in [0, 0.05) is 6.54 Å². The number of rotatable bonds is 2. The molecule has 0 saturated heterocycles. The van der Waals surface area contributed by atoms with Gasteiger partial charge < -0.3 is 5.73 Å². The van der Waals surface area contributed by atoms with Gasteiger partial charge in [0.25, 0.3) is 0 Å². The van der Waals surface area contributed by atoms with E-state index in [1.807, 2.05) is 48.5 Å². The predicted octanol–water partition coefficient (Wildman–Crippen LogP) is 1.88. The molecule has 4 heteroatoms. The average molecular weight is 224 g/mol. The third kappa shape index (κ3) is 1.79. The second-order valence-corrected chi connectivity index (χ2v) is 3.85. The molecule has 0 bridgehead atoms. The molecule has 0 unspecified atom stereocenters. The number of hydrogen-bond donors (Lipinski definition) is 1.